The van der Waals surface area contributed by atoms with Gasteiger partial charge in [0, 0.05) is 37.0 Å². The van der Waals surface area contributed by atoms with Crippen LogP contribution in [0.2, 0.25) is 0 Å². The summed E-state index contributed by atoms with van der Waals surface area (Å²) < 4.78 is 5.11. The maximum Gasteiger partial charge on any atom is 0.413 e. The first-order valence-corrected chi connectivity index (χ1v) is 9.25. The van der Waals surface area contributed by atoms with Crippen molar-refractivity contribution in [3.63, 3.8) is 0 Å². The summed E-state index contributed by atoms with van der Waals surface area (Å²) in [7, 11) is 0. The number of halogens is 2. The largest absolute Gasteiger partial charge is 0.481 e. The van der Waals surface area contributed by atoms with Crippen molar-refractivity contribution in [1.29, 1.82) is 0 Å². The third-order valence-corrected chi connectivity index (χ3v) is 4.00. The number of ether oxygens (including phenoxy) is 1. The van der Waals surface area contributed by atoms with Crippen molar-refractivity contribution in [3.05, 3.63) is 23.8 Å². The Labute approximate surface area is 167 Å². The number of anilines is 1. The molecule has 0 saturated carbocycles. The Bertz CT molecular complexity index is 665. The Balaban J connectivity index is 2.77. The fourth-order valence-electron chi connectivity index (χ4n) is 2.41. The molecule has 3 N–H and O–H groups in total. The van der Waals surface area contributed by atoms with Gasteiger partial charge in [-0.15, -0.1) is 23.2 Å². The van der Waals surface area contributed by atoms with E-state index in [1.165, 1.54) is 0 Å². The summed E-state index contributed by atoms with van der Waals surface area (Å²) in [6.07, 6.45) is -1.61. The van der Waals surface area contributed by atoms with Gasteiger partial charge in [-0.05, 0) is 37.1 Å². The predicted molar refractivity (Wildman–Crippen MR) is 102 cm³/mol. The highest BCUT2D eigenvalue weighted by Gasteiger charge is 2.22. The first-order chi connectivity index (χ1) is 12.8. The number of hydrogen-bond acceptors (Lipinski definition) is 5. The number of carbonyl (C=O) groups excluding carboxylic acids is 1. The van der Waals surface area contributed by atoms with Crippen LogP contribution in [0, 0.1) is 6.92 Å². The van der Waals surface area contributed by atoms with Gasteiger partial charge in [-0.3, -0.25) is 4.79 Å². The van der Waals surface area contributed by atoms with Gasteiger partial charge in [0.2, 0.25) is 0 Å². The van der Waals surface area contributed by atoms with Crippen molar-refractivity contribution >= 4 is 46.9 Å². The van der Waals surface area contributed by atoms with Gasteiger partial charge in [0.15, 0.2) is 0 Å². The van der Waals surface area contributed by atoms with Crippen molar-refractivity contribution in [2.75, 3.05) is 29.7 Å². The Hall–Kier alpha value is -2.19. The van der Waals surface area contributed by atoms with Crippen LogP contribution in [0.1, 0.15) is 18.4 Å². The summed E-state index contributed by atoms with van der Waals surface area (Å²) >= 11 is 11.6. The monoisotopic (exact) mass is 420 g/mol. The molecule has 10 heteroatoms. The molecule has 1 aromatic rings. The molecule has 0 unspecified atom stereocenters. The maximum atomic E-state index is 11.9. The van der Waals surface area contributed by atoms with E-state index in [0.717, 1.165) is 11.3 Å². The van der Waals surface area contributed by atoms with Crippen LogP contribution in [-0.4, -0.2) is 59.1 Å². The molecule has 1 atom stereocenters. The molecule has 0 radical (unpaired) electrons. The predicted octanol–water partition coefficient (Wildman–Crippen LogP) is 2.69. The zero-order valence-electron chi connectivity index (χ0n) is 14.8. The highest BCUT2D eigenvalue weighted by molar-refractivity contribution is 6.18. The molecule has 0 saturated heterocycles. The lowest BCUT2D eigenvalue weighted by atomic mass is 10.1. The van der Waals surface area contributed by atoms with E-state index in [1.54, 1.807) is 18.2 Å². The van der Waals surface area contributed by atoms with Crippen LogP contribution in [0.5, 0.6) is 5.75 Å². The van der Waals surface area contributed by atoms with Gasteiger partial charge in [-0.25, -0.2) is 9.59 Å². The first-order valence-electron chi connectivity index (χ1n) is 8.19. The molecule has 0 spiro atoms. The number of nitrogens with one attached hydrogen (secondary N) is 1. The standard InChI is InChI=1S/C17H22Cl2N2O6/c1-11-10-12(2-4-14(11)21(8-6-18)9-7-19)27-17(26)20-13(16(24)25)3-5-15(22)23/h2,4,10,13H,3,5-9H2,1H3,(H,20,26)(H,22,23)(H,24,25)/t13-/m1/s1. The minimum Gasteiger partial charge on any atom is -0.481 e. The fourth-order valence-corrected chi connectivity index (χ4v) is 2.82. The van der Waals surface area contributed by atoms with Crippen molar-refractivity contribution in [2.45, 2.75) is 25.8 Å². The molecule has 0 bridgehead atoms. The second-order valence-electron chi connectivity index (χ2n) is 5.67. The van der Waals surface area contributed by atoms with Crippen LogP contribution >= 0.6 is 23.2 Å². The average Bonchev–Trinajstić information content (AvgIpc) is 2.58. The smallest absolute Gasteiger partial charge is 0.413 e. The lowest BCUT2D eigenvalue weighted by molar-refractivity contribution is -0.140. The van der Waals surface area contributed by atoms with E-state index >= 15 is 0 Å². The zero-order chi connectivity index (χ0) is 20.4. The van der Waals surface area contributed by atoms with Gasteiger partial charge in [0.1, 0.15) is 11.8 Å². The second kappa shape index (κ2) is 11.5. The molecule has 1 aromatic carbocycles. The minimum absolute atomic E-state index is 0.229. The van der Waals surface area contributed by atoms with E-state index in [9.17, 15) is 14.4 Å². The Morgan fingerprint density at radius 2 is 1.81 bits per heavy atom. The number of carboxylic acids is 2. The molecule has 0 heterocycles. The second-order valence-corrected chi connectivity index (χ2v) is 6.43. The number of hydrogen-bond donors (Lipinski definition) is 3. The molecule has 0 aliphatic heterocycles. The number of nitrogens with zero attached hydrogens (tertiary/aromatic N) is 1. The van der Waals surface area contributed by atoms with E-state index in [-0.39, 0.29) is 18.6 Å². The van der Waals surface area contributed by atoms with Gasteiger partial charge in [-0.2, -0.15) is 0 Å². The first kappa shape index (κ1) is 22.9. The number of rotatable bonds is 11. The average molecular weight is 421 g/mol. The van der Waals surface area contributed by atoms with Crippen LogP contribution < -0.4 is 15.0 Å². The fraction of sp³-hybridized carbons (Fsp3) is 0.471. The molecule has 150 valence electrons. The number of alkyl halides is 2. The van der Waals surface area contributed by atoms with E-state index in [0.29, 0.717) is 24.8 Å². The number of carboxylic acid groups (broad SMARTS) is 2. The zero-order valence-corrected chi connectivity index (χ0v) is 16.3. The summed E-state index contributed by atoms with van der Waals surface area (Å²) in [5.41, 5.74) is 1.73. The van der Waals surface area contributed by atoms with Crippen LogP contribution in [0.25, 0.3) is 0 Å². The normalized spacial score (nSPS) is 11.5. The van der Waals surface area contributed by atoms with E-state index in [2.05, 4.69) is 5.32 Å². The number of aliphatic carboxylic acids is 2. The summed E-state index contributed by atoms with van der Waals surface area (Å²) in [6, 6.07) is 3.62. The number of carbonyl (C=O) groups is 3. The Kier molecular flexibility index (Phi) is 9.74. The quantitative estimate of drug-likeness (QED) is 0.471. The molecule has 8 nitrogen and oxygen atoms in total. The van der Waals surface area contributed by atoms with E-state index < -0.39 is 24.1 Å². The highest BCUT2D eigenvalue weighted by atomic mass is 35.5. The van der Waals surface area contributed by atoms with E-state index in [4.69, 9.17) is 38.2 Å². The summed E-state index contributed by atoms with van der Waals surface area (Å²) in [5.74, 6) is -1.39. The summed E-state index contributed by atoms with van der Waals surface area (Å²) in [4.78, 5) is 35.6. The van der Waals surface area contributed by atoms with Gasteiger partial charge in [0.25, 0.3) is 0 Å². The lowest BCUT2D eigenvalue weighted by Gasteiger charge is -2.25. The van der Waals surface area contributed by atoms with Crippen molar-refractivity contribution < 1.29 is 29.3 Å². The summed E-state index contributed by atoms with van der Waals surface area (Å²) in [5, 5.41) is 19.8. The van der Waals surface area contributed by atoms with Crippen molar-refractivity contribution in [3.8, 4) is 5.75 Å². The lowest BCUT2D eigenvalue weighted by Crippen LogP contribution is -2.42. The van der Waals surface area contributed by atoms with Gasteiger partial charge in [-0.1, -0.05) is 0 Å². The van der Waals surface area contributed by atoms with Crippen LogP contribution in [0.3, 0.4) is 0 Å². The summed E-state index contributed by atoms with van der Waals surface area (Å²) in [6.45, 7) is 3.06. The highest BCUT2D eigenvalue weighted by Crippen LogP contribution is 2.25. The number of aryl methyl sites for hydroxylation is 1. The molecule has 1 rings (SSSR count). The Morgan fingerprint density at radius 3 is 2.30 bits per heavy atom. The third kappa shape index (κ3) is 7.92. The van der Waals surface area contributed by atoms with Crippen molar-refractivity contribution in [1.82, 2.24) is 5.32 Å². The molecule has 0 aliphatic carbocycles. The maximum absolute atomic E-state index is 11.9. The van der Waals surface area contributed by atoms with Crippen LogP contribution in [0.4, 0.5) is 10.5 Å². The SMILES string of the molecule is Cc1cc(OC(=O)N[C@H](CCC(=O)O)C(=O)O)ccc1N(CCCl)CCCl. The molecular formula is C17H22Cl2N2O6. The van der Waals surface area contributed by atoms with Gasteiger partial charge in [0.05, 0.1) is 0 Å². The van der Waals surface area contributed by atoms with Gasteiger partial charge >= 0.3 is 18.0 Å². The van der Waals surface area contributed by atoms with E-state index in [1.807, 2.05) is 11.8 Å². The number of amides is 1. The van der Waals surface area contributed by atoms with Gasteiger partial charge < -0.3 is 25.2 Å². The van der Waals surface area contributed by atoms with Crippen LogP contribution in [-0.2, 0) is 9.59 Å². The molecule has 0 aliphatic rings. The molecule has 0 fully saturated rings. The molecular weight excluding hydrogens is 399 g/mol. The number of benzene rings is 1. The Morgan fingerprint density at radius 1 is 1.19 bits per heavy atom. The van der Waals surface area contributed by atoms with Crippen molar-refractivity contribution in [2.24, 2.45) is 0 Å². The minimum atomic E-state index is -1.35. The third-order valence-electron chi connectivity index (χ3n) is 3.67. The topological polar surface area (TPSA) is 116 Å². The molecule has 1 amide bonds. The molecule has 27 heavy (non-hydrogen) atoms. The molecule has 0 aromatic heterocycles. The van der Waals surface area contributed by atoms with Crippen LogP contribution in [0.15, 0.2) is 18.2 Å².